The topological polar surface area (TPSA) is 104 Å². The molecule has 0 N–H and O–H groups in total. The number of benzene rings is 2. The molecular weight excluding hydrogens is 462 g/mol. The number of sulfonamides is 1. The third-order valence-electron chi connectivity index (χ3n) is 3.82. The maximum atomic E-state index is 13.7. The fourth-order valence-corrected chi connectivity index (χ4v) is 6.36. The van der Waals surface area contributed by atoms with E-state index in [9.17, 15) is 25.6 Å². The molecule has 1 aromatic heterocycles. The molecule has 0 saturated carbocycles. The van der Waals surface area contributed by atoms with Gasteiger partial charge in [0.15, 0.2) is 0 Å². The molecule has 0 amide bonds. The molecule has 0 aliphatic heterocycles. The van der Waals surface area contributed by atoms with Crippen LogP contribution in [-0.2, 0) is 20.0 Å². The van der Waals surface area contributed by atoms with Crippen LogP contribution in [0, 0.1) is 11.6 Å². The number of hydrogen-bond donors (Lipinski definition) is 0. The van der Waals surface area contributed by atoms with Crippen molar-refractivity contribution in [1.82, 2.24) is 3.97 Å². The lowest BCUT2D eigenvalue weighted by Gasteiger charge is -2.10. The Kier molecular flexibility index (Phi) is 5.97. The molecular formula is C17H14F2N2O6S3. The lowest BCUT2D eigenvalue weighted by Crippen LogP contribution is -2.25. The van der Waals surface area contributed by atoms with Crippen molar-refractivity contribution < 1.29 is 35.1 Å². The van der Waals surface area contributed by atoms with Crippen molar-refractivity contribution >= 4 is 31.4 Å². The predicted octanol–water partition coefficient (Wildman–Crippen LogP) is 2.37. The monoisotopic (exact) mass is 476 g/mol. The Bertz CT molecular complexity index is 1380. The van der Waals surface area contributed by atoms with E-state index in [4.69, 9.17) is 9.47 Å². The van der Waals surface area contributed by atoms with Gasteiger partial charge in [-0.15, -0.1) is 15.7 Å². The van der Waals surface area contributed by atoms with Crippen molar-refractivity contribution in [2.45, 2.75) is 9.79 Å². The molecule has 2 aromatic carbocycles. The summed E-state index contributed by atoms with van der Waals surface area (Å²) in [6.45, 7) is 0. The van der Waals surface area contributed by atoms with Gasteiger partial charge in [-0.1, -0.05) is 0 Å². The van der Waals surface area contributed by atoms with Crippen LogP contribution in [0.1, 0.15) is 0 Å². The molecule has 13 heteroatoms. The first-order chi connectivity index (χ1) is 14.1. The number of hydrogen-bond acceptors (Lipinski definition) is 7. The van der Waals surface area contributed by atoms with E-state index in [2.05, 4.69) is 4.40 Å². The summed E-state index contributed by atoms with van der Waals surface area (Å²) in [5.74, 6) is -1.99. The van der Waals surface area contributed by atoms with Crippen molar-refractivity contribution in [1.29, 1.82) is 0 Å². The van der Waals surface area contributed by atoms with E-state index >= 15 is 0 Å². The summed E-state index contributed by atoms with van der Waals surface area (Å²) in [6.07, 6.45) is 1.06. The van der Waals surface area contributed by atoms with Gasteiger partial charge < -0.3 is 9.47 Å². The second-order valence-electron chi connectivity index (χ2n) is 5.64. The molecule has 0 unspecified atom stereocenters. The van der Waals surface area contributed by atoms with Crippen molar-refractivity contribution in [3.63, 3.8) is 0 Å². The molecule has 0 aliphatic carbocycles. The minimum atomic E-state index is -4.56. The van der Waals surface area contributed by atoms with Gasteiger partial charge in [0, 0.05) is 11.6 Å². The normalized spacial score (nSPS) is 12.7. The van der Waals surface area contributed by atoms with E-state index in [0.29, 0.717) is 21.4 Å². The Morgan fingerprint density at radius 3 is 2.00 bits per heavy atom. The second kappa shape index (κ2) is 8.16. The molecule has 0 atom stereocenters. The maximum Gasteiger partial charge on any atom is 0.288 e. The summed E-state index contributed by atoms with van der Waals surface area (Å²) in [5, 5.41) is 1.28. The van der Waals surface area contributed by atoms with Gasteiger partial charge in [0.05, 0.1) is 14.2 Å². The molecule has 3 rings (SSSR count). The van der Waals surface area contributed by atoms with Crippen LogP contribution >= 0.6 is 11.3 Å². The van der Waals surface area contributed by atoms with Gasteiger partial charge in [-0.3, -0.25) is 0 Å². The highest BCUT2D eigenvalue weighted by molar-refractivity contribution is 7.90. The van der Waals surface area contributed by atoms with Gasteiger partial charge in [0.25, 0.3) is 20.0 Å². The Morgan fingerprint density at radius 2 is 1.43 bits per heavy atom. The third-order valence-corrected chi connectivity index (χ3v) is 7.79. The van der Waals surface area contributed by atoms with Crippen molar-refractivity contribution in [2.75, 3.05) is 14.2 Å². The third kappa shape index (κ3) is 4.08. The molecule has 8 nitrogen and oxygen atoms in total. The zero-order chi connectivity index (χ0) is 22.1. The molecule has 0 radical (unpaired) electrons. The van der Waals surface area contributed by atoms with Crippen molar-refractivity contribution in [3.05, 3.63) is 64.4 Å². The SMILES string of the molecule is COc1ccc(F)cc1S(=O)(=O)N=c1sccn1S(=O)(=O)c1cc(F)ccc1OC. The largest absolute Gasteiger partial charge is 0.495 e. The van der Waals surface area contributed by atoms with Gasteiger partial charge in [-0.05, 0) is 36.4 Å². The first kappa shape index (κ1) is 21.9. The van der Waals surface area contributed by atoms with Gasteiger partial charge >= 0.3 is 0 Å². The molecule has 0 bridgehead atoms. The predicted molar refractivity (Wildman–Crippen MR) is 104 cm³/mol. The number of ether oxygens (including phenoxy) is 2. The zero-order valence-electron chi connectivity index (χ0n) is 15.4. The Morgan fingerprint density at radius 1 is 0.900 bits per heavy atom. The van der Waals surface area contributed by atoms with Crippen LogP contribution in [0.25, 0.3) is 0 Å². The van der Waals surface area contributed by atoms with E-state index in [1.165, 1.54) is 19.6 Å². The number of thiazole rings is 1. The lowest BCUT2D eigenvalue weighted by atomic mass is 10.3. The van der Waals surface area contributed by atoms with E-state index in [1.54, 1.807) is 0 Å². The smallest absolute Gasteiger partial charge is 0.288 e. The van der Waals surface area contributed by atoms with Crippen LogP contribution in [0.5, 0.6) is 11.5 Å². The summed E-state index contributed by atoms with van der Waals surface area (Å²) in [5.41, 5.74) is 0. The van der Waals surface area contributed by atoms with Crippen LogP contribution in [0.15, 0.2) is 62.2 Å². The fraction of sp³-hybridized carbons (Fsp3) is 0.118. The minimum Gasteiger partial charge on any atom is -0.495 e. The summed E-state index contributed by atoms with van der Waals surface area (Å²) in [4.78, 5) is -1.57. The number of methoxy groups -OCH3 is 2. The van der Waals surface area contributed by atoms with Crippen molar-refractivity contribution in [2.24, 2.45) is 4.40 Å². The van der Waals surface area contributed by atoms with Crippen LogP contribution in [-0.4, -0.2) is 35.0 Å². The highest BCUT2D eigenvalue weighted by Gasteiger charge is 2.26. The van der Waals surface area contributed by atoms with E-state index in [1.807, 2.05) is 0 Å². The van der Waals surface area contributed by atoms with Gasteiger partial charge in [-0.2, -0.15) is 8.42 Å². The van der Waals surface area contributed by atoms with Crippen LogP contribution < -0.4 is 14.3 Å². The Hall–Kier alpha value is -2.77. The number of aromatic nitrogens is 1. The fourth-order valence-electron chi connectivity index (χ4n) is 2.47. The highest BCUT2D eigenvalue weighted by atomic mass is 32.2. The molecule has 0 spiro atoms. The van der Waals surface area contributed by atoms with Crippen molar-refractivity contribution in [3.8, 4) is 11.5 Å². The lowest BCUT2D eigenvalue weighted by molar-refractivity contribution is 0.400. The van der Waals surface area contributed by atoms with Crippen LogP contribution in [0.2, 0.25) is 0 Å². The summed E-state index contributed by atoms with van der Waals surface area (Å²) < 4.78 is 92.8. The number of halogens is 2. The summed E-state index contributed by atoms with van der Waals surface area (Å²) in [6, 6.07) is 5.70. The van der Waals surface area contributed by atoms with Gasteiger partial charge in [0.2, 0.25) is 4.80 Å². The molecule has 3 aromatic rings. The van der Waals surface area contributed by atoms with Gasteiger partial charge in [-0.25, -0.2) is 21.2 Å². The molecule has 0 saturated heterocycles. The van der Waals surface area contributed by atoms with E-state index in [-0.39, 0.29) is 11.5 Å². The first-order valence-electron chi connectivity index (χ1n) is 8.00. The molecule has 160 valence electrons. The molecule has 0 aliphatic rings. The standard InChI is InChI=1S/C17H14F2N2O6S3/c1-26-13-5-3-11(18)9-15(13)29(22,23)20-17-21(7-8-28-17)30(24,25)16-10-12(19)4-6-14(16)27-2/h3-10H,1-2H3. The minimum absolute atomic E-state index is 0.143. The second-order valence-corrected chi connectivity index (χ2v) is 9.87. The average Bonchev–Trinajstić information content (AvgIpc) is 3.16. The molecule has 1 heterocycles. The zero-order valence-corrected chi connectivity index (χ0v) is 17.9. The Balaban J connectivity index is 2.22. The quantitative estimate of drug-likeness (QED) is 0.541. The van der Waals surface area contributed by atoms with Gasteiger partial charge in [0.1, 0.15) is 32.9 Å². The summed E-state index contributed by atoms with van der Waals surface area (Å²) in [7, 11) is -6.63. The Labute approximate surface area is 174 Å². The average molecular weight is 477 g/mol. The number of nitrogens with zero attached hydrogens (tertiary/aromatic N) is 2. The number of rotatable bonds is 6. The van der Waals surface area contributed by atoms with E-state index < -0.39 is 46.3 Å². The first-order valence-corrected chi connectivity index (χ1v) is 11.8. The highest BCUT2D eigenvalue weighted by Crippen LogP contribution is 2.27. The maximum absolute atomic E-state index is 13.7. The van der Waals surface area contributed by atoms with Crippen LogP contribution in [0.4, 0.5) is 8.78 Å². The molecule has 0 fully saturated rings. The summed E-state index contributed by atoms with van der Waals surface area (Å²) >= 11 is 0.697. The van der Waals surface area contributed by atoms with Crippen LogP contribution in [0.3, 0.4) is 0 Å². The molecule has 30 heavy (non-hydrogen) atoms. The van der Waals surface area contributed by atoms with E-state index in [0.717, 1.165) is 36.5 Å².